The number of hydrogen-bond acceptors (Lipinski definition) is 0. The van der Waals surface area contributed by atoms with Crippen LogP contribution in [0, 0.1) is 0 Å². The molecule has 0 N–H and O–H groups in total. The van der Waals surface area contributed by atoms with Crippen molar-refractivity contribution in [3.63, 3.8) is 0 Å². The fraction of sp³-hybridized carbons (Fsp3) is 0.213. The number of allylic oxidation sites excluding steroid dienone is 4. The third-order valence-electron chi connectivity index (χ3n) is 10.5. The SMILES string of the molecule is CC(C)(C)c1ccc2c(c1)[CH]([Zr]([C]1=CC=CC1)=[C](c1ccc3ccccc3c1)c1ccc3ccccc3c1)c1cc(C(C)(C)C)ccc1-2.Cl.Cl. The van der Waals surface area contributed by atoms with E-state index in [9.17, 15) is 0 Å². The van der Waals surface area contributed by atoms with E-state index in [1.807, 2.05) is 0 Å². The van der Waals surface area contributed by atoms with Crippen LogP contribution < -0.4 is 0 Å². The Hall–Kier alpha value is -3.35. The molecule has 0 saturated heterocycles. The van der Waals surface area contributed by atoms with Gasteiger partial charge in [-0.1, -0.05) is 0 Å². The maximum atomic E-state index is 2.60. The summed E-state index contributed by atoms with van der Waals surface area (Å²) in [5.74, 6) is 0. The molecule has 0 radical (unpaired) electrons. The number of hydrogen-bond donors (Lipinski definition) is 0. The van der Waals surface area contributed by atoms with Gasteiger partial charge in [0.15, 0.2) is 0 Å². The standard InChI is InChI=1S/C21H14.C21H25.C5H5.2ClH.Zr/c1-3-7-20-14-16(9-11-18(20)5-1)13-17-10-12-19-6-2-4-8-21(19)15-17;1-20(2,3)16-7-9-18-14(12-16)11-15-13-17(21(4,5)6)8-10-19(15)18;1-2-4-5-3-1;;;/h1-12,14-15H;7-13H,1-6H3;1-3H,4H2;2*1H;. The molecule has 0 aromatic heterocycles. The normalized spacial score (nSPS) is 13.8. The van der Waals surface area contributed by atoms with Crippen molar-refractivity contribution >= 4 is 49.6 Å². The molecule has 0 atom stereocenters. The molecule has 0 fully saturated rings. The van der Waals surface area contributed by atoms with Gasteiger partial charge in [0.2, 0.25) is 0 Å². The third-order valence-corrected chi connectivity index (χ3v) is 18.8. The Morgan fingerprint density at radius 1 is 0.540 bits per heavy atom. The number of benzene rings is 6. The molecule has 0 nitrogen and oxygen atoms in total. The first-order chi connectivity index (χ1) is 23.1. The van der Waals surface area contributed by atoms with Crippen LogP contribution in [-0.2, 0) is 32.1 Å². The second kappa shape index (κ2) is 14.0. The molecule has 252 valence electrons. The van der Waals surface area contributed by atoms with Gasteiger partial charge in [0, 0.05) is 0 Å². The molecule has 2 aliphatic rings. The van der Waals surface area contributed by atoms with Crippen LogP contribution in [0.2, 0.25) is 0 Å². The molecule has 8 rings (SSSR count). The minimum Gasteiger partial charge on any atom is -0.147 e. The van der Waals surface area contributed by atoms with Gasteiger partial charge in [-0.05, 0) is 0 Å². The van der Waals surface area contributed by atoms with Crippen molar-refractivity contribution in [1.82, 2.24) is 0 Å². The van der Waals surface area contributed by atoms with E-state index in [1.165, 1.54) is 54.9 Å². The van der Waals surface area contributed by atoms with Gasteiger partial charge in [-0.2, -0.15) is 0 Å². The van der Waals surface area contributed by atoms with Gasteiger partial charge < -0.3 is 0 Å². The van der Waals surface area contributed by atoms with E-state index in [-0.39, 0.29) is 35.6 Å². The summed E-state index contributed by atoms with van der Waals surface area (Å²) < 4.78 is 3.66. The predicted octanol–water partition coefficient (Wildman–Crippen LogP) is 13.2. The molecule has 6 aromatic carbocycles. The van der Waals surface area contributed by atoms with Gasteiger partial charge in [-0.25, -0.2) is 0 Å². The van der Waals surface area contributed by atoms with Crippen molar-refractivity contribution in [3.8, 4) is 11.1 Å². The van der Waals surface area contributed by atoms with Crippen molar-refractivity contribution in [1.29, 1.82) is 0 Å². The molecule has 0 amide bonds. The van der Waals surface area contributed by atoms with E-state index in [4.69, 9.17) is 0 Å². The number of rotatable bonds is 4. The quantitative estimate of drug-likeness (QED) is 0.167. The molecule has 6 aromatic rings. The minimum atomic E-state index is -2.86. The number of halogens is 2. The topological polar surface area (TPSA) is 0 Å². The van der Waals surface area contributed by atoms with Crippen LogP contribution >= 0.6 is 24.8 Å². The molecular formula is C47H46Cl2Zr. The molecule has 0 unspecified atom stereocenters. The minimum absolute atomic E-state index is 0. The van der Waals surface area contributed by atoms with Crippen molar-refractivity contribution in [2.45, 2.75) is 62.4 Å². The Kier molecular flexibility index (Phi) is 10.2. The Balaban J connectivity index is 0.00000216. The van der Waals surface area contributed by atoms with Gasteiger partial charge >= 0.3 is 296 Å². The van der Waals surface area contributed by atoms with Crippen LogP contribution in [0.5, 0.6) is 0 Å². The van der Waals surface area contributed by atoms with E-state index in [0.717, 1.165) is 6.42 Å². The summed E-state index contributed by atoms with van der Waals surface area (Å²) in [4.78, 5) is 0. The van der Waals surface area contributed by atoms with E-state index in [0.29, 0.717) is 3.63 Å². The summed E-state index contributed by atoms with van der Waals surface area (Å²) in [5, 5.41) is 5.22. The monoisotopic (exact) mass is 770 g/mol. The van der Waals surface area contributed by atoms with Gasteiger partial charge in [-0.15, -0.1) is 24.8 Å². The van der Waals surface area contributed by atoms with Crippen LogP contribution in [0.4, 0.5) is 0 Å². The van der Waals surface area contributed by atoms with Crippen molar-refractivity contribution in [2.75, 3.05) is 0 Å². The molecule has 0 spiro atoms. The summed E-state index contributed by atoms with van der Waals surface area (Å²) in [6.45, 7) is 14.1. The Morgan fingerprint density at radius 2 is 1.00 bits per heavy atom. The second-order valence-corrected chi connectivity index (χ2v) is 22.0. The zero-order valence-corrected chi connectivity index (χ0v) is 34.0. The molecule has 0 aliphatic heterocycles. The molecular weight excluding hydrogens is 727 g/mol. The third kappa shape index (κ3) is 6.59. The summed E-state index contributed by atoms with van der Waals surface area (Å²) in [6.07, 6.45) is 8.26. The van der Waals surface area contributed by atoms with Gasteiger partial charge in [0.05, 0.1) is 0 Å². The first-order valence-corrected chi connectivity index (χ1v) is 21.3. The van der Waals surface area contributed by atoms with Crippen LogP contribution in [0.1, 0.15) is 85.0 Å². The molecule has 3 heteroatoms. The predicted molar refractivity (Wildman–Crippen MR) is 219 cm³/mol. The van der Waals surface area contributed by atoms with Crippen molar-refractivity contribution in [3.05, 3.63) is 176 Å². The fourth-order valence-corrected chi connectivity index (χ4v) is 16.7. The maximum Gasteiger partial charge on any atom is -0.147 e. The summed E-state index contributed by atoms with van der Waals surface area (Å²) in [6, 6.07) is 47.1. The van der Waals surface area contributed by atoms with E-state index in [1.54, 1.807) is 17.6 Å². The van der Waals surface area contributed by atoms with Crippen LogP contribution in [0.3, 0.4) is 0 Å². The summed E-state index contributed by atoms with van der Waals surface area (Å²) in [5.41, 5.74) is 11.7. The zero-order valence-electron chi connectivity index (χ0n) is 29.9. The number of fused-ring (bicyclic) bond motifs is 5. The fourth-order valence-electron chi connectivity index (χ4n) is 7.81. The van der Waals surface area contributed by atoms with Gasteiger partial charge in [0.25, 0.3) is 0 Å². The second-order valence-electron chi connectivity index (χ2n) is 15.8. The molecule has 0 saturated carbocycles. The van der Waals surface area contributed by atoms with Crippen molar-refractivity contribution in [2.24, 2.45) is 0 Å². The molecule has 0 heterocycles. The first-order valence-electron chi connectivity index (χ1n) is 17.4. The summed E-state index contributed by atoms with van der Waals surface area (Å²) >= 11 is -2.86. The van der Waals surface area contributed by atoms with Gasteiger partial charge in [-0.3, -0.25) is 0 Å². The average molecular weight is 773 g/mol. The Bertz CT molecular complexity index is 2200. The van der Waals surface area contributed by atoms with Crippen LogP contribution in [0.15, 0.2) is 143 Å². The Labute approximate surface area is 318 Å². The molecule has 0 bridgehead atoms. The van der Waals surface area contributed by atoms with Gasteiger partial charge in [0.1, 0.15) is 0 Å². The molecule has 50 heavy (non-hydrogen) atoms. The average Bonchev–Trinajstić information content (AvgIpc) is 3.72. The van der Waals surface area contributed by atoms with Crippen LogP contribution in [-0.4, -0.2) is 3.21 Å². The summed E-state index contributed by atoms with van der Waals surface area (Å²) in [7, 11) is 0. The first kappa shape index (κ1) is 36.4. The largest absolute Gasteiger partial charge is 0.147 e. The van der Waals surface area contributed by atoms with E-state index < -0.39 is 21.3 Å². The van der Waals surface area contributed by atoms with Crippen LogP contribution in [0.25, 0.3) is 32.7 Å². The maximum absolute atomic E-state index is 2.86. The Morgan fingerprint density at radius 3 is 1.42 bits per heavy atom. The van der Waals surface area contributed by atoms with E-state index >= 15 is 0 Å². The van der Waals surface area contributed by atoms with Crippen molar-refractivity contribution < 1.29 is 21.3 Å². The smallest absolute Gasteiger partial charge is 0.147 e. The zero-order chi connectivity index (χ0) is 33.2. The molecule has 2 aliphatic carbocycles. The van der Waals surface area contributed by atoms with E-state index in [2.05, 4.69) is 181 Å².